The molecule has 2 fully saturated rings. The third-order valence-corrected chi connectivity index (χ3v) is 4.19. The van der Waals surface area contributed by atoms with Gasteiger partial charge in [0.05, 0.1) is 5.69 Å². The zero-order chi connectivity index (χ0) is 13.2. The summed E-state index contributed by atoms with van der Waals surface area (Å²) in [5, 5.41) is 6.23. The van der Waals surface area contributed by atoms with Crippen molar-refractivity contribution < 1.29 is 9.18 Å². The molecule has 0 aromatic heterocycles. The number of anilines is 1. The van der Waals surface area contributed by atoms with Crippen molar-refractivity contribution in [2.75, 3.05) is 5.32 Å². The number of amides is 1. The summed E-state index contributed by atoms with van der Waals surface area (Å²) in [5.74, 6) is -0.0110. The third kappa shape index (κ3) is 2.95. The summed E-state index contributed by atoms with van der Waals surface area (Å²) in [7, 11) is 0. The average Bonchev–Trinajstić information content (AvgIpc) is 2.72. The molecule has 0 saturated carbocycles. The van der Waals surface area contributed by atoms with Gasteiger partial charge in [0.25, 0.3) is 0 Å². The van der Waals surface area contributed by atoms with Gasteiger partial charge in [-0.05, 0) is 43.7 Å². The maximum atomic E-state index is 13.4. The molecule has 0 aliphatic carbocycles. The minimum Gasteiger partial charge on any atom is -0.324 e. The second kappa shape index (κ2) is 5.29. The minimum absolute atomic E-state index is 0.0728. The third-order valence-electron chi connectivity index (χ3n) is 4.19. The van der Waals surface area contributed by atoms with Crippen LogP contribution in [0.4, 0.5) is 10.1 Å². The number of hydrogen-bond acceptors (Lipinski definition) is 2. The van der Waals surface area contributed by atoms with Gasteiger partial charge < -0.3 is 10.6 Å². The monoisotopic (exact) mass is 262 g/mol. The molecule has 1 amide bonds. The number of nitrogens with one attached hydrogen (secondary N) is 2. The fourth-order valence-corrected chi connectivity index (χ4v) is 3.37. The Balaban J connectivity index is 1.56. The Morgan fingerprint density at radius 3 is 2.63 bits per heavy atom. The van der Waals surface area contributed by atoms with Gasteiger partial charge in [0.15, 0.2) is 0 Å². The highest BCUT2D eigenvalue weighted by Gasteiger charge is 2.34. The van der Waals surface area contributed by atoms with Gasteiger partial charge in [-0.1, -0.05) is 12.1 Å². The van der Waals surface area contributed by atoms with Crippen molar-refractivity contribution in [3.63, 3.8) is 0 Å². The first kappa shape index (κ1) is 12.6. The lowest BCUT2D eigenvalue weighted by molar-refractivity contribution is -0.117. The normalized spacial score (nSPS) is 29.2. The lowest BCUT2D eigenvalue weighted by atomic mass is 9.89. The molecule has 2 heterocycles. The van der Waals surface area contributed by atoms with E-state index in [2.05, 4.69) is 10.6 Å². The molecule has 102 valence electrons. The minimum atomic E-state index is -0.374. The second-order valence-electron chi connectivity index (χ2n) is 5.71. The maximum absolute atomic E-state index is 13.4. The summed E-state index contributed by atoms with van der Waals surface area (Å²) in [6.07, 6.45) is 5.11. The zero-order valence-corrected chi connectivity index (χ0v) is 10.9. The van der Waals surface area contributed by atoms with Gasteiger partial charge in [-0.25, -0.2) is 4.39 Å². The van der Waals surface area contributed by atoms with E-state index in [0.717, 1.165) is 12.8 Å². The number of piperidine rings is 1. The number of hydrogen-bond donors (Lipinski definition) is 2. The van der Waals surface area contributed by atoms with E-state index >= 15 is 0 Å². The standard InChI is InChI=1S/C15H19FN2O/c16-13-3-1-2-4-14(13)18-15(19)9-10-7-11-5-6-12(8-10)17-11/h1-4,10-12,17H,5-9H2,(H,18,19). The van der Waals surface area contributed by atoms with Crippen LogP contribution in [-0.2, 0) is 4.79 Å². The van der Waals surface area contributed by atoms with E-state index in [9.17, 15) is 9.18 Å². The lowest BCUT2D eigenvalue weighted by Crippen LogP contribution is -2.39. The van der Waals surface area contributed by atoms with Crippen LogP contribution in [0.5, 0.6) is 0 Å². The van der Waals surface area contributed by atoms with Crippen molar-refractivity contribution in [2.24, 2.45) is 5.92 Å². The van der Waals surface area contributed by atoms with E-state index in [1.165, 1.54) is 18.9 Å². The first-order valence-corrected chi connectivity index (χ1v) is 7.01. The fraction of sp³-hybridized carbons (Fsp3) is 0.533. The zero-order valence-electron chi connectivity index (χ0n) is 10.9. The predicted molar refractivity (Wildman–Crippen MR) is 72.3 cm³/mol. The Kier molecular flexibility index (Phi) is 3.51. The Morgan fingerprint density at radius 1 is 1.26 bits per heavy atom. The SMILES string of the molecule is O=C(CC1CC2CCC(C1)N2)Nc1ccccc1F. The molecule has 0 radical (unpaired) electrons. The van der Waals surface area contributed by atoms with E-state index < -0.39 is 0 Å². The number of para-hydroxylation sites is 1. The van der Waals surface area contributed by atoms with E-state index in [4.69, 9.17) is 0 Å². The summed E-state index contributed by atoms with van der Waals surface area (Å²) in [4.78, 5) is 12.0. The predicted octanol–water partition coefficient (Wildman–Crippen LogP) is 2.68. The van der Waals surface area contributed by atoms with Crippen LogP contribution in [0.15, 0.2) is 24.3 Å². The van der Waals surface area contributed by atoms with E-state index in [-0.39, 0.29) is 17.4 Å². The molecule has 0 spiro atoms. The van der Waals surface area contributed by atoms with Crippen LogP contribution in [0.2, 0.25) is 0 Å². The van der Waals surface area contributed by atoms with Crippen molar-refractivity contribution in [1.29, 1.82) is 0 Å². The quantitative estimate of drug-likeness (QED) is 0.879. The second-order valence-corrected chi connectivity index (χ2v) is 5.71. The van der Waals surface area contributed by atoms with Gasteiger partial charge in [-0.3, -0.25) is 4.79 Å². The number of fused-ring (bicyclic) bond motifs is 2. The number of carbonyl (C=O) groups excluding carboxylic acids is 1. The molecule has 19 heavy (non-hydrogen) atoms. The molecular weight excluding hydrogens is 243 g/mol. The van der Waals surface area contributed by atoms with Crippen LogP contribution >= 0.6 is 0 Å². The Bertz CT molecular complexity index is 465. The van der Waals surface area contributed by atoms with Crippen molar-refractivity contribution >= 4 is 11.6 Å². The van der Waals surface area contributed by atoms with Crippen molar-refractivity contribution in [3.05, 3.63) is 30.1 Å². The molecule has 2 aliphatic rings. The summed E-state index contributed by atoms with van der Waals surface area (Å²) in [6.45, 7) is 0. The Labute approximate surface area is 112 Å². The van der Waals surface area contributed by atoms with Crippen LogP contribution in [0.3, 0.4) is 0 Å². The highest BCUT2D eigenvalue weighted by Crippen LogP contribution is 2.32. The molecule has 2 N–H and O–H groups in total. The first-order valence-electron chi connectivity index (χ1n) is 7.01. The van der Waals surface area contributed by atoms with Crippen molar-refractivity contribution in [3.8, 4) is 0 Å². The van der Waals surface area contributed by atoms with Crippen LogP contribution in [0, 0.1) is 11.7 Å². The van der Waals surface area contributed by atoms with Gasteiger partial charge in [0.1, 0.15) is 5.82 Å². The molecule has 1 aromatic rings. The van der Waals surface area contributed by atoms with Gasteiger partial charge in [0, 0.05) is 18.5 Å². The van der Waals surface area contributed by atoms with Crippen LogP contribution in [-0.4, -0.2) is 18.0 Å². The number of halogens is 1. The van der Waals surface area contributed by atoms with Gasteiger partial charge >= 0.3 is 0 Å². The Hall–Kier alpha value is -1.42. The van der Waals surface area contributed by atoms with E-state index in [1.54, 1.807) is 18.2 Å². The summed E-state index contributed by atoms with van der Waals surface area (Å²) in [6, 6.07) is 7.48. The maximum Gasteiger partial charge on any atom is 0.224 e. The highest BCUT2D eigenvalue weighted by atomic mass is 19.1. The topological polar surface area (TPSA) is 41.1 Å². The molecule has 2 aliphatic heterocycles. The van der Waals surface area contributed by atoms with Gasteiger partial charge in [-0.15, -0.1) is 0 Å². The molecule has 1 aromatic carbocycles. The number of benzene rings is 1. The number of carbonyl (C=O) groups is 1. The first-order chi connectivity index (χ1) is 9.20. The van der Waals surface area contributed by atoms with Crippen LogP contribution < -0.4 is 10.6 Å². The largest absolute Gasteiger partial charge is 0.324 e. The van der Waals surface area contributed by atoms with Crippen molar-refractivity contribution in [1.82, 2.24) is 5.32 Å². The molecule has 2 saturated heterocycles. The Morgan fingerprint density at radius 2 is 1.95 bits per heavy atom. The summed E-state index contributed by atoms with van der Waals surface area (Å²) < 4.78 is 13.4. The molecule has 4 heteroatoms. The van der Waals surface area contributed by atoms with Gasteiger partial charge in [0.2, 0.25) is 5.91 Å². The van der Waals surface area contributed by atoms with Crippen LogP contribution in [0.1, 0.15) is 32.1 Å². The summed E-state index contributed by atoms with van der Waals surface area (Å²) in [5.41, 5.74) is 0.282. The van der Waals surface area contributed by atoms with Crippen LogP contribution in [0.25, 0.3) is 0 Å². The molecule has 2 atom stereocenters. The average molecular weight is 262 g/mol. The smallest absolute Gasteiger partial charge is 0.224 e. The highest BCUT2D eigenvalue weighted by molar-refractivity contribution is 5.90. The number of rotatable bonds is 3. The van der Waals surface area contributed by atoms with Crippen molar-refractivity contribution in [2.45, 2.75) is 44.2 Å². The van der Waals surface area contributed by atoms with Gasteiger partial charge in [-0.2, -0.15) is 0 Å². The molecule has 3 nitrogen and oxygen atoms in total. The molecule has 2 unspecified atom stereocenters. The summed E-state index contributed by atoms with van der Waals surface area (Å²) >= 11 is 0. The molecular formula is C15H19FN2O. The fourth-order valence-electron chi connectivity index (χ4n) is 3.37. The van der Waals surface area contributed by atoms with E-state index in [1.807, 2.05) is 0 Å². The molecule has 2 bridgehead atoms. The molecule has 3 rings (SSSR count). The lowest BCUT2D eigenvalue weighted by Gasteiger charge is -2.28. The van der Waals surface area contributed by atoms with E-state index in [0.29, 0.717) is 24.4 Å².